The normalized spacial score (nSPS) is 12.1. The summed E-state index contributed by atoms with van der Waals surface area (Å²) in [6.07, 6.45) is 1.99. The second-order valence-corrected chi connectivity index (χ2v) is 8.52. The third-order valence-corrected chi connectivity index (χ3v) is 6.16. The number of nitrogens with zero attached hydrogens (tertiary/aromatic N) is 1. The van der Waals surface area contributed by atoms with Crippen LogP contribution in [0, 0.1) is 0 Å². The highest BCUT2D eigenvalue weighted by Gasteiger charge is 2.21. The summed E-state index contributed by atoms with van der Waals surface area (Å²) in [6.45, 7) is 0.328. The fourth-order valence-electron chi connectivity index (χ4n) is 4.30. The van der Waals surface area contributed by atoms with E-state index in [4.69, 9.17) is 4.42 Å². The van der Waals surface area contributed by atoms with E-state index in [1.54, 1.807) is 18.2 Å². The van der Waals surface area contributed by atoms with Gasteiger partial charge in [0, 0.05) is 54.7 Å². The Labute approximate surface area is 196 Å². The summed E-state index contributed by atoms with van der Waals surface area (Å²) in [5.74, 6) is -0.557. The Morgan fingerprint density at radius 2 is 1.74 bits per heavy atom. The first-order valence-corrected chi connectivity index (χ1v) is 11.2. The Hall–Kier alpha value is -4.32. The minimum absolute atomic E-state index is 0.000618. The maximum atomic E-state index is 13.0. The van der Waals surface area contributed by atoms with Gasteiger partial charge in [0.1, 0.15) is 11.1 Å². The predicted octanol–water partition coefficient (Wildman–Crippen LogP) is 4.90. The number of carbonyl (C=O) groups is 1. The summed E-state index contributed by atoms with van der Waals surface area (Å²) in [5, 5.41) is 4.78. The van der Waals surface area contributed by atoms with Crippen LogP contribution in [0.5, 0.6) is 0 Å². The Balaban J connectivity index is 1.48. The zero-order valence-electron chi connectivity index (χ0n) is 19.0. The number of nitrogens with one attached hydrogen (secondary N) is 2. The average Bonchev–Trinajstić information content (AvgIpc) is 3.28. The summed E-state index contributed by atoms with van der Waals surface area (Å²) < 4.78 is 5.34. The molecule has 34 heavy (non-hydrogen) atoms. The summed E-state index contributed by atoms with van der Waals surface area (Å²) in [5.41, 5.74) is 4.10. The van der Waals surface area contributed by atoms with Crippen LogP contribution in [0.15, 0.2) is 94.3 Å². The number of anilines is 1. The lowest BCUT2D eigenvalue weighted by atomic mass is 9.90. The molecule has 3 aromatic carbocycles. The fraction of sp³-hybridized carbons (Fsp3) is 0.143. The third kappa shape index (κ3) is 4.06. The fourth-order valence-corrected chi connectivity index (χ4v) is 4.30. The minimum atomic E-state index is -0.643. The van der Waals surface area contributed by atoms with E-state index in [0.717, 1.165) is 27.7 Å². The highest BCUT2D eigenvalue weighted by molar-refractivity contribution is 5.96. The van der Waals surface area contributed by atoms with Crippen molar-refractivity contribution in [3.05, 3.63) is 112 Å². The molecule has 0 fully saturated rings. The Morgan fingerprint density at radius 1 is 1.00 bits per heavy atom. The van der Waals surface area contributed by atoms with E-state index < -0.39 is 11.5 Å². The molecule has 6 nitrogen and oxygen atoms in total. The Bertz CT molecular complexity index is 1530. The largest absolute Gasteiger partial charge is 0.422 e. The lowest BCUT2D eigenvalue weighted by Gasteiger charge is -2.20. The monoisotopic (exact) mass is 451 g/mol. The van der Waals surface area contributed by atoms with Crippen LogP contribution in [0.1, 0.15) is 27.4 Å². The third-order valence-electron chi connectivity index (χ3n) is 6.16. The predicted molar refractivity (Wildman–Crippen MR) is 136 cm³/mol. The van der Waals surface area contributed by atoms with Crippen molar-refractivity contribution in [1.82, 2.24) is 10.3 Å². The van der Waals surface area contributed by atoms with Crippen molar-refractivity contribution in [3.8, 4) is 0 Å². The van der Waals surface area contributed by atoms with E-state index in [1.165, 1.54) is 0 Å². The zero-order chi connectivity index (χ0) is 23.7. The lowest BCUT2D eigenvalue weighted by molar-refractivity contribution is 0.0949. The number of fused-ring (bicyclic) bond motifs is 2. The molecule has 0 spiro atoms. The summed E-state index contributed by atoms with van der Waals surface area (Å²) in [7, 11) is 4.00. The van der Waals surface area contributed by atoms with Gasteiger partial charge in [-0.25, -0.2) is 4.79 Å². The molecule has 0 saturated heterocycles. The van der Waals surface area contributed by atoms with Crippen LogP contribution in [-0.2, 0) is 0 Å². The van der Waals surface area contributed by atoms with E-state index in [1.807, 2.05) is 55.5 Å². The van der Waals surface area contributed by atoms with Crippen LogP contribution in [0.2, 0.25) is 0 Å². The molecule has 5 rings (SSSR count). The molecule has 2 N–H and O–H groups in total. The zero-order valence-corrected chi connectivity index (χ0v) is 19.0. The number of aromatic amines is 1. The van der Waals surface area contributed by atoms with Crippen LogP contribution in [0.3, 0.4) is 0 Å². The average molecular weight is 452 g/mol. The minimum Gasteiger partial charge on any atom is -0.422 e. The van der Waals surface area contributed by atoms with E-state index in [2.05, 4.69) is 40.6 Å². The van der Waals surface area contributed by atoms with E-state index in [-0.39, 0.29) is 11.5 Å². The van der Waals surface area contributed by atoms with Gasteiger partial charge in [-0.15, -0.1) is 0 Å². The molecule has 0 bridgehead atoms. The van der Waals surface area contributed by atoms with Gasteiger partial charge in [0.05, 0.1) is 0 Å². The van der Waals surface area contributed by atoms with E-state index in [9.17, 15) is 9.59 Å². The Kier molecular flexibility index (Phi) is 5.64. The first-order valence-electron chi connectivity index (χ1n) is 11.2. The molecule has 2 heterocycles. The molecule has 0 aliphatic heterocycles. The number of para-hydroxylation sites is 2. The van der Waals surface area contributed by atoms with Crippen LogP contribution in [0.4, 0.5) is 5.69 Å². The van der Waals surface area contributed by atoms with Gasteiger partial charge in [0.25, 0.3) is 5.91 Å². The highest BCUT2D eigenvalue weighted by Crippen LogP contribution is 2.31. The number of amides is 1. The van der Waals surface area contributed by atoms with Gasteiger partial charge in [0.2, 0.25) is 0 Å². The van der Waals surface area contributed by atoms with Crippen LogP contribution in [-0.4, -0.2) is 31.5 Å². The maximum absolute atomic E-state index is 13.0. The second kappa shape index (κ2) is 8.90. The van der Waals surface area contributed by atoms with Gasteiger partial charge < -0.3 is 19.6 Å². The van der Waals surface area contributed by atoms with Crippen molar-refractivity contribution in [2.45, 2.75) is 5.92 Å². The van der Waals surface area contributed by atoms with Crippen molar-refractivity contribution < 1.29 is 9.21 Å². The van der Waals surface area contributed by atoms with Gasteiger partial charge in [-0.05, 0) is 41.5 Å². The molecule has 0 aliphatic rings. The maximum Gasteiger partial charge on any atom is 0.349 e. The quantitative estimate of drug-likeness (QED) is 0.360. The number of hydrogen-bond acceptors (Lipinski definition) is 4. The molecule has 170 valence electrons. The molecule has 0 saturated carbocycles. The van der Waals surface area contributed by atoms with Crippen molar-refractivity contribution >= 4 is 33.5 Å². The van der Waals surface area contributed by atoms with E-state index in [0.29, 0.717) is 17.5 Å². The molecular weight excluding hydrogens is 426 g/mol. The van der Waals surface area contributed by atoms with Crippen molar-refractivity contribution in [1.29, 1.82) is 0 Å². The summed E-state index contributed by atoms with van der Waals surface area (Å²) in [4.78, 5) is 30.9. The molecular formula is C28H25N3O3. The second-order valence-electron chi connectivity index (χ2n) is 8.52. The number of carbonyl (C=O) groups excluding carboxylic acids is 1. The first kappa shape index (κ1) is 21.5. The van der Waals surface area contributed by atoms with Crippen LogP contribution >= 0.6 is 0 Å². The molecule has 1 atom stereocenters. The smallest absolute Gasteiger partial charge is 0.349 e. The molecule has 1 unspecified atom stereocenters. The molecule has 2 aromatic heterocycles. The molecule has 0 radical (unpaired) electrons. The highest BCUT2D eigenvalue weighted by atomic mass is 16.4. The number of hydrogen-bond donors (Lipinski definition) is 2. The van der Waals surface area contributed by atoms with Crippen molar-refractivity contribution in [2.24, 2.45) is 0 Å². The SMILES string of the molecule is CN(C)c1ccc(C(CNC(=O)c2cc3ccccc3oc2=O)c2c[nH]c3ccccc23)cc1. The Morgan fingerprint density at radius 3 is 2.53 bits per heavy atom. The van der Waals surface area contributed by atoms with Gasteiger partial charge >= 0.3 is 5.63 Å². The number of benzene rings is 3. The summed E-state index contributed by atoms with van der Waals surface area (Å²) >= 11 is 0. The first-order chi connectivity index (χ1) is 16.5. The van der Waals surface area contributed by atoms with Crippen molar-refractivity contribution in [3.63, 3.8) is 0 Å². The molecule has 6 heteroatoms. The number of rotatable bonds is 6. The number of H-pyrrole nitrogens is 1. The summed E-state index contributed by atoms with van der Waals surface area (Å²) in [6, 6.07) is 25.1. The van der Waals surface area contributed by atoms with Gasteiger partial charge in [0.15, 0.2) is 0 Å². The topological polar surface area (TPSA) is 78.3 Å². The van der Waals surface area contributed by atoms with Gasteiger partial charge in [-0.3, -0.25) is 4.79 Å². The van der Waals surface area contributed by atoms with Crippen LogP contribution in [0.25, 0.3) is 21.9 Å². The molecule has 5 aromatic rings. The lowest BCUT2D eigenvalue weighted by Crippen LogP contribution is -2.32. The van der Waals surface area contributed by atoms with Crippen molar-refractivity contribution in [2.75, 3.05) is 25.5 Å². The van der Waals surface area contributed by atoms with Crippen LogP contribution < -0.4 is 15.8 Å². The molecule has 0 aliphatic carbocycles. The van der Waals surface area contributed by atoms with Gasteiger partial charge in [-0.1, -0.05) is 48.5 Å². The van der Waals surface area contributed by atoms with Gasteiger partial charge in [-0.2, -0.15) is 0 Å². The van der Waals surface area contributed by atoms with E-state index >= 15 is 0 Å². The molecule has 1 amide bonds. The standard InChI is InChI=1S/C28H25N3O3/c1-31(2)20-13-11-18(12-14-20)23(24-17-29-25-9-5-4-8-21(24)25)16-30-27(32)22-15-19-7-3-6-10-26(19)34-28(22)33/h3-15,17,23,29H,16H2,1-2H3,(H,30,32). The number of aromatic nitrogens is 1.